The maximum Gasteiger partial charge on any atom is 0.181 e. The van der Waals surface area contributed by atoms with Crippen LogP contribution >= 0.6 is 0 Å². The van der Waals surface area contributed by atoms with Gasteiger partial charge in [-0.25, -0.2) is 0 Å². The van der Waals surface area contributed by atoms with Crippen LogP contribution in [0.4, 0.5) is 5.69 Å². The molecule has 20 heavy (non-hydrogen) atoms. The number of hydrogen-bond donors (Lipinski definition) is 1. The van der Waals surface area contributed by atoms with Crippen molar-refractivity contribution in [3.8, 4) is 0 Å². The minimum Gasteiger partial charge on any atom is -0.377 e. The summed E-state index contributed by atoms with van der Waals surface area (Å²) in [4.78, 5) is 12.1. The van der Waals surface area contributed by atoms with E-state index >= 15 is 0 Å². The van der Waals surface area contributed by atoms with E-state index in [9.17, 15) is 4.79 Å². The summed E-state index contributed by atoms with van der Waals surface area (Å²) in [6.07, 6.45) is 0. The van der Waals surface area contributed by atoms with Gasteiger partial charge in [-0.2, -0.15) is 0 Å². The van der Waals surface area contributed by atoms with Gasteiger partial charge in [0.15, 0.2) is 5.78 Å². The lowest BCUT2D eigenvalue weighted by Gasteiger charge is -2.09. The van der Waals surface area contributed by atoms with Crippen molar-refractivity contribution in [1.29, 1.82) is 0 Å². The maximum atomic E-state index is 12.1. The van der Waals surface area contributed by atoms with E-state index in [4.69, 9.17) is 0 Å². The van der Waals surface area contributed by atoms with Crippen molar-refractivity contribution in [3.05, 3.63) is 78.4 Å². The Balaban J connectivity index is 1.79. The highest BCUT2D eigenvalue weighted by Gasteiger charge is 2.05. The molecule has 3 rings (SSSR count). The van der Waals surface area contributed by atoms with Crippen molar-refractivity contribution >= 4 is 22.2 Å². The minimum atomic E-state index is 0.0959. The van der Waals surface area contributed by atoms with E-state index in [-0.39, 0.29) is 5.78 Å². The van der Waals surface area contributed by atoms with Crippen molar-refractivity contribution in [2.24, 2.45) is 0 Å². The Morgan fingerprint density at radius 2 is 1.50 bits per heavy atom. The summed E-state index contributed by atoms with van der Waals surface area (Å²) in [6.45, 7) is 0.304. The van der Waals surface area contributed by atoms with Gasteiger partial charge in [0.25, 0.3) is 0 Å². The highest BCUT2D eigenvalue weighted by atomic mass is 16.1. The monoisotopic (exact) mass is 261 g/mol. The molecule has 1 N–H and O–H groups in total. The van der Waals surface area contributed by atoms with Gasteiger partial charge < -0.3 is 5.32 Å². The second kappa shape index (κ2) is 5.57. The Labute approximate surface area is 118 Å². The molecule has 0 bridgehead atoms. The first-order valence-electron chi connectivity index (χ1n) is 6.64. The van der Waals surface area contributed by atoms with Gasteiger partial charge in [-0.3, -0.25) is 4.79 Å². The van der Waals surface area contributed by atoms with Crippen LogP contribution in [0.2, 0.25) is 0 Å². The molecule has 2 nitrogen and oxygen atoms in total. The minimum absolute atomic E-state index is 0.0959. The van der Waals surface area contributed by atoms with Crippen LogP contribution in [0, 0.1) is 0 Å². The first-order valence-corrected chi connectivity index (χ1v) is 6.64. The fourth-order valence-corrected chi connectivity index (χ4v) is 2.28. The molecule has 0 fully saturated rings. The summed E-state index contributed by atoms with van der Waals surface area (Å²) in [5, 5.41) is 5.54. The van der Waals surface area contributed by atoms with E-state index < -0.39 is 0 Å². The van der Waals surface area contributed by atoms with Crippen LogP contribution in [0.1, 0.15) is 10.4 Å². The Hall–Kier alpha value is -2.61. The third kappa shape index (κ3) is 2.54. The summed E-state index contributed by atoms with van der Waals surface area (Å²) in [6, 6.07) is 23.6. The van der Waals surface area contributed by atoms with E-state index in [2.05, 4.69) is 23.5 Å². The van der Waals surface area contributed by atoms with Gasteiger partial charge in [-0.05, 0) is 11.5 Å². The van der Waals surface area contributed by atoms with Crippen LogP contribution in [0.25, 0.3) is 10.8 Å². The molecule has 0 aliphatic rings. The van der Waals surface area contributed by atoms with E-state index in [1.54, 1.807) is 0 Å². The highest BCUT2D eigenvalue weighted by molar-refractivity contribution is 6.01. The summed E-state index contributed by atoms with van der Waals surface area (Å²) >= 11 is 0. The third-order valence-electron chi connectivity index (χ3n) is 3.32. The Morgan fingerprint density at radius 1 is 0.800 bits per heavy atom. The van der Waals surface area contributed by atoms with Gasteiger partial charge in [0.2, 0.25) is 0 Å². The van der Waals surface area contributed by atoms with Gasteiger partial charge >= 0.3 is 0 Å². The SMILES string of the molecule is O=C(CNc1cccc2ccccc12)c1ccccc1. The zero-order valence-electron chi connectivity index (χ0n) is 11.0. The summed E-state index contributed by atoms with van der Waals surface area (Å²) in [5.74, 6) is 0.0959. The number of rotatable bonds is 4. The lowest BCUT2D eigenvalue weighted by atomic mass is 10.1. The van der Waals surface area contributed by atoms with Crippen LogP contribution in [0.5, 0.6) is 0 Å². The summed E-state index contributed by atoms with van der Waals surface area (Å²) in [7, 11) is 0. The average molecular weight is 261 g/mol. The van der Waals surface area contributed by atoms with Gasteiger partial charge in [0, 0.05) is 16.6 Å². The van der Waals surface area contributed by atoms with E-state index in [1.807, 2.05) is 54.6 Å². The number of carbonyl (C=O) groups is 1. The predicted molar refractivity (Wildman–Crippen MR) is 83.2 cm³/mol. The lowest BCUT2D eigenvalue weighted by molar-refractivity contribution is 0.101. The largest absolute Gasteiger partial charge is 0.377 e. The van der Waals surface area contributed by atoms with Gasteiger partial charge in [-0.15, -0.1) is 0 Å². The molecule has 0 saturated heterocycles. The molecule has 0 amide bonds. The first kappa shape index (κ1) is 12.4. The topological polar surface area (TPSA) is 29.1 Å². The molecule has 0 unspecified atom stereocenters. The van der Waals surface area contributed by atoms with Crippen LogP contribution in [0.15, 0.2) is 72.8 Å². The fraction of sp³-hybridized carbons (Fsp3) is 0.0556. The second-order valence-electron chi connectivity index (χ2n) is 4.67. The number of anilines is 1. The maximum absolute atomic E-state index is 12.1. The number of ketones is 1. The number of Topliss-reactive ketones (excluding diaryl/α,β-unsaturated/α-hetero) is 1. The molecule has 0 aliphatic heterocycles. The van der Waals surface area contributed by atoms with E-state index in [1.165, 1.54) is 5.39 Å². The Morgan fingerprint density at radius 3 is 2.35 bits per heavy atom. The smallest absolute Gasteiger partial charge is 0.181 e. The van der Waals surface area contributed by atoms with Gasteiger partial charge in [-0.1, -0.05) is 66.7 Å². The Bertz CT molecular complexity index is 729. The molecule has 3 aromatic rings. The van der Waals surface area contributed by atoms with Crippen molar-refractivity contribution in [2.45, 2.75) is 0 Å². The van der Waals surface area contributed by atoms with Crippen LogP contribution in [-0.2, 0) is 0 Å². The number of hydrogen-bond acceptors (Lipinski definition) is 2. The molecule has 0 spiro atoms. The molecule has 0 aliphatic carbocycles. The number of nitrogens with one attached hydrogen (secondary N) is 1. The molecular formula is C18H15NO. The lowest BCUT2D eigenvalue weighted by Crippen LogP contribution is -2.13. The first-order chi connectivity index (χ1) is 9.84. The molecule has 0 atom stereocenters. The van der Waals surface area contributed by atoms with Crippen molar-refractivity contribution in [3.63, 3.8) is 0 Å². The van der Waals surface area contributed by atoms with E-state index in [0.29, 0.717) is 6.54 Å². The predicted octanol–water partition coefficient (Wildman–Crippen LogP) is 4.13. The molecule has 0 heterocycles. The molecular weight excluding hydrogens is 246 g/mol. The zero-order valence-corrected chi connectivity index (χ0v) is 11.0. The van der Waals surface area contributed by atoms with Crippen LogP contribution < -0.4 is 5.32 Å². The van der Waals surface area contributed by atoms with Gasteiger partial charge in [0.05, 0.1) is 6.54 Å². The second-order valence-corrected chi connectivity index (χ2v) is 4.67. The van der Waals surface area contributed by atoms with Crippen molar-refractivity contribution in [2.75, 3.05) is 11.9 Å². The molecule has 3 aromatic carbocycles. The molecule has 0 radical (unpaired) electrons. The third-order valence-corrected chi connectivity index (χ3v) is 3.32. The molecule has 98 valence electrons. The molecule has 0 saturated carbocycles. The quantitative estimate of drug-likeness (QED) is 0.715. The zero-order chi connectivity index (χ0) is 13.8. The highest BCUT2D eigenvalue weighted by Crippen LogP contribution is 2.22. The number of carbonyl (C=O) groups excluding carboxylic acids is 1. The average Bonchev–Trinajstić information content (AvgIpc) is 2.53. The number of benzene rings is 3. The fourth-order valence-electron chi connectivity index (χ4n) is 2.28. The van der Waals surface area contributed by atoms with Crippen molar-refractivity contribution < 1.29 is 4.79 Å². The van der Waals surface area contributed by atoms with E-state index in [0.717, 1.165) is 16.6 Å². The van der Waals surface area contributed by atoms with Crippen LogP contribution in [0.3, 0.4) is 0 Å². The summed E-state index contributed by atoms with van der Waals surface area (Å²) < 4.78 is 0. The molecule has 0 aromatic heterocycles. The normalized spacial score (nSPS) is 10.4. The number of fused-ring (bicyclic) bond motifs is 1. The van der Waals surface area contributed by atoms with Crippen molar-refractivity contribution in [1.82, 2.24) is 0 Å². The molecule has 2 heteroatoms. The summed E-state index contributed by atoms with van der Waals surface area (Å²) in [5.41, 5.74) is 1.73. The standard InChI is InChI=1S/C18H15NO/c20-18(15-8-2-1-3-9-15)13-19-17-12-6-10-14-7-4-5-11-16(14)17/h1-12,19H,13H2. The Kier molecular flexibility index (Phi) is 3.46. The van der Waals surface area contributed by atoms with Crippen LogP contribution in [-0.4, -0.2) is 12.3 Å². The van der Waals surface area contributed by atoms with Gasteiger partial charge in [0.1, 0.15) is 0 Å².